The maximum atomic E-state index is 12.8. The van der Waals surface area contributed by atoms with Crippen molar-refractivity contribution in [3.63, 3.8) is 0 Å². The number of piperidine rings is 1. The minimum Gasteiger partial charge on any atom is -0.467 e. The van der Waals surface area contributed by atoms with Gasteiger partial charge < -0.3 is 4.74 Å². The molecule has 2 heterocycles. The zero-order chi connectivity index (χ0) is 20.6. The number of aromatic nitrogens is 1. The van der Waals surface area contributed by atoms with E-state index in [-0.39, 0.29) is 16.7 Å². The monoisotopic (exact) mass is 433 g/mol. The zero-order valence-electron chi connectivity index (χ0n) is 15.6. The number of aryl methyl sites for hydroxylation is 1. The summed E-state index contributed by atoms with van der Waals surface area (Å²) < 4.78 is 34.1. The van der Waals surface area contributed by atoms with E-state index in [9.17, 15) is 18.5 Å². The van der Waals surface area contributed by atoms with E-state index in [4.69, 9.17) is 4.74 Å². The molecule has 1 aliphatic rings. The van der Waals surface area contributed by atoms with Crippen molar-refractivity contribution in [1.82, 2.24) is 9.29 Å². The molecule has 1 aliphatic heterocycles. The molecule has 0 bridgehead atoms. The number of nitro benzene ring substituents is 1. The first kappa shape index (κ1) is 19.7. The molecule has 1 saturated heterocycles. The van der Waals surface area contributed by atoms with E-state index in [0.717, 1.165) is 15.8 Å². The Balaban J connectivity index is 1.41. The minimum atomic E-state index is -3.68. The zero-order valence-corrected chi connectivity index (χ0v) is 17.3. The van der Waals surface area contributed by atoms with Crippen LogP contribution >= 0.6 is 11.3 Å². The lowest BCUT2D eigenvalue weighted by atomic mass is 10.1. The van der Waals surface area contributed by atoms with Gasteiger partial charge in [-0.3, -0.25) is 10.1 Å². The molecule has 0 spiro atoms. The molecule has 10 heteroatoms. The summed E-state index contributed by atoms with van der Waals surface area (Å²) >= 11 is 1.49. The summed E-state index contributed by atoms with van der Waals surface area (Å²) in [5, 5.41) is 11.4. The summed E-state index contributed by atoms with van der Waals surface area (Å²) in [6.45, 7) is 2.66. The number of fused-ring (bicyclic) bond motifs is 1. The molecule has 152 valence electrons. The molecule has 2 aromatic carbocycles. The van der Waals surface area contributed by atoms with Crippen LogP contribution in [0.3, 0.4) is 0 Å². The Morgan fingerprint density at radius 1 is 1.17 bits per heavy atom. The van der Waals surface area contributed by atoms with E-state index >= 15 is 0 Å². The fraction of sp³-hybridized carbons (Fsp3) is 0.316. The van der Waals surface area contributed by atoms with Gasteiger partial charge in [0, 0.05) is 25.2 Å². The molecule has 1 fully saturated rings. The maximum Gasteiger partial charge on any atom is 0.274 e. The highest BCUT2D eigenvalue weighted by Crippen LogP contribution is 2.32. The molecular weight excluding hydrogens is 414 g/mol. The number of rotatable bonds is 5. The average Bonchev–Trinajstić information content (AvgIpc) is 3.12. The minimum absolute atomic E-state index is 0.0594. The van der Waals surface area contributed by atoms with Crippen molar-refractivity contribution in [3.8, 4) is 5.19 Å². The molecular formula is C19H19N3O5S2. The smallest absolute Gasteiger partial charge is 0.274 e. The Kier molecular flexibility index (Phi) is 5.24. The Morgan fingerprint density at radius 3 is 2.48 bits per heavy atom. The number of nitrogens with zero attached hydrogens (tertiary/aromatic N) is 3. The molecule has 4 rings (SSSR count). The predicted octanol–water partition coefficient (Wildman–Crippen LogP) is 3.75. The molecule has 0 N–H and O–H groups in total. The number of thiazole rings is 1. The van der Waals surface area contributed by atoms with E-state index in [1.165, 1.54) is 39.9 Å². The largest absolute Gasteiger partial charge is 0.467 e. The van der Waals surface area contributed by atoms with Gasteiger partial charge in [-0.15, -0.1) is 0 Å². The predicted molar refractivity (Wildman–Crippen MR) is 110 cm³/mol. The van der Waals surface area contributed by atoms with Crippen LogP contribution in [-0.2, 0) is 10.0 Å². The average molecular weight is 434 g/mol. The summed E-state index contributed by atoms with van der Waals surface area (Å²) in [5.41, 5.74) is 1.89. The summed E-state index contributed by atoms with van der Waals surface area (Å²) in [5.74, 6) is 0. The van der Waals surface area contributed by atoms with Crippen LogP contribution in [0.5, 0.6) is 5.19 Å². The van der Waals surface area contributed by atoms with Crippen LogP contribution in [0.25, 0.3) is 10.2 Å². The molecule has 0 amide bonds. The second-order valence-corrected chi connectivity index (χ2v) is 9.80. The van der Waals surface area contributed by atoms with Crippen LogP contribution < -0.4 is 4.74 Å². The van der Waals surface area contributed by atoms with Crippen LogP contribution in [-0.4, -0.2) is 41.8 Å². The molecule has 3 aromatic rings. The number of para-hydroxylation sites is 1. The highest BCUT2D eigenvalue weighted by atomic mass is 32.2. The molecule has 0 aliphatic carbocycles. The fourth-order valence-electron chi connectivity index (χ4n) is 3.34. The lowest BCUT2D eigenvalue weighted by Gasteiger charge is -2.30. The van der Waals surface area contributed by atoms with Gasteiger partial charge in [0.25, 0.3) is 10.9 Å². The van der Waals surface area contributed by atoms with Crippen LogP contribution in [0.1, 0.15) is 18.4 Å². The van der Waals surface area contributed by atoms with Crippen molar-refractivity contribution < 1.29 is 18.1 Å². The second-order valence-electron chi connectivity index (χ2n) is 6.87. The number of ether oxygens (including phenoxy) is 1. The van der Waals surface area contributed by atoms with Crippen LogP contribution in [0, 0.1) is 17.0 Å². The topological polar surface area (TPSA) is 103 Å². The van der Waals surface area contributed by atoms with Gasteiger partial charge >= 0.3 is 0 Å². The van der Waals surface area contributed by atoms with Gasteiger partial charge in [0.2, 0.25) is 10.0 Å². The van der Waals surface area contributed by atoms with E-state index in [0.29, 0.717) is 31.1 Å². The summed E-state index contributed by atoms with van der Waals surface area (Å²) in [6, 6.07) is 11.0. The number of sulfonamides is 1. The molecule has 8 nitrogen and oxygen atoms in total. The first-order valence-corrected chi connectivity index (χ1v) is 11.4. The third kappa shape index (κ3) is 3.96. The van der Waals surface area contributed by atoms with Gasteiger partial charge in [0.05, 0.1) is 20.0 Å². The Bertz CT molecular complexity index is 1150. The summed E-state index contributed by atoms with van der Waals surface area (Å²) in [4.78, 5) is 14.8. The van der Waals surface area contributed by atoms with Crippen LogP contribution in [0.15, 0.2) is 47.4 Å². The number of benzene rings is 2. The first-order chi connectivity index (χ1) is 13.8. The Hall–Kier alpha value is -2.56. The number of hydrogen-bond donors (Lipinski definition) is 0. The quantitative estimate of drug-likeness (QED) is 0.449. The van der Waals surface area contributed by atoms with Crippen molar-refractivity contribution in [2.75, 3.05) is 13.1 Å². The summed E-state index contributed by atoms with van der Waals surface area (Å²) in [6.07, 6.45) is 1.02. The van der Waals surface area contributed by atoms with E-state index in [1.54, 1.807) is 0 Å². The number of non-ortho nitro benzene ring substituents is 1. The van der Waals surface area contributed by atoms with Crippen LogP contribution in [0.4, 0.5) is 5.69 Å². The maximum absolute atomic E-state index is 12.8. The van der Waals surface area contributed by atoms with Gasteiger partial charge in [-0.1, -0.05) is 23.5 Å². The van der Waals surface area contributed by atoms with Gasteiger partial charge in [-0.05, 0) is 43.5 Å². The lowest BCUT2D eigenvalue weighted by Crippen LogP contribution is -2.41. The highest BCUT2D eigenvalue weighted by molar-refractivity contribution is 7.89. The SMILES string of the molecule is Cc1cccc2sc(OC3CCN(S(=O)(=O)c4ccc([N+](=O)[O-])cc4)CC3)nc12. The van der Waals surface area contributed by atoms with Crippen LogP contribution in [0.2, 0.25) is 0 Å². The van der Waals surface area contributed by atoms with Gasteiger partial charge in [0.15, 0.2) is 0 Å². The third-order valence-electron chi connectivity index (χ3n) is 4.95. The third-order valence-corrected chi connectivity index (χ3v) is 7.78. The summed E-state index contributed by atoms with van der Waals surface area (Å²) in [7, 11) is -3.68. The molecule has 0 atom stereocenters. The first-order valence-electron chi connectivity index (χ1n) is 9.12. The van der Waals surface area contributed by atoms with E-state index in [1.807, 2.05) is 25.1 Å². The molecule has 1 aromatic heterocycles. The van der Waals surface area contributed by atoms with Gasteiger partial charge in [-0.2, -0.15) is 4.31 Å². The highest BCUT2D eigenvalue weighted by Gasteiger charge is 2.31. The van der Waals surface area contributed by atoms with Gasteiger partial charge in [-0.25, -0.2) is 13.4 Å². The van der Waals surface area contributed by atoms with Crippen molar-refractivity contribution in [3.05, 3.63) is 58.1 Å². The molecule has 0 saturated carbocycles. The van der Waals surface area contributed by atoms with Crippen molar-refractivity contribution in [2.24, 2.45) is 0 Å². The molecule has 0 radical (unpaired) electrons. The second kappa shape index (κ2) is 7.69. The Labute approximate surface area is 172 Å². The van der Waals surface area contributed by atoms with Crippen molar-refractivity contribution in [2.45, 2.75) is 30.8 Å². The molecule has 0 unspecified atom stereocenters. The normalized spacial score (nSPS) is 16.2. The number of hydrogen-bond acceptors (Lipinski definition) is 7. The number of nitro groups is 1. The molecule has 29 heavy (non-hydrogen) atoms. The van der Waals surface area contributed by atoms with Crippen molar-refractivity contribution >= 4 is 37.3 Å². The fourth-order valence-corrected chi connectivity index (χ4v) is 5.77. The van der Waals surface area contributed by atoms with Gasteiger partial charge in [0.1, 0.15) is 6.10 Å². The van der Waals surface area contributed by atoms with Crippen molar-refractivity contribution in [1.29, 1.82) is 0 Å². The Morgan fingerprint density at radius 2 is 1.86 bits per heavy atom. The standard InChI is InChI=1S/C19H19N3O5S2/c1-13-3-2-4-17-18(13)20-19(28-17)27-15-9-11-21(12-10-15)29(25,26)16-7-5-14(6-8-16)22(23)24/h2-8,15H,9-12H2,1H3. The van der Waals surface area contributed by atoms with E-state index < -0.39 is 14.9 Å². The lowest BCUT2D eigenvalue weighted by molar-refractivity contribution is -0.384. The van der Waals surface area contributed by atoms with E-state index in [2.05, 4.69) is 4.98 Å².